The van der Waals surface area contributed by atoms with Crippen LogP contribution in [0.1, 0.15) is 0 Å². The zero-order valence-corrected chi connectivity index (χ0v) is 9.35. The first kappa shape index (κ1) is 23.9. The van der Waals surface area contributed by atoms with Crippen LogP contribution in [0.4, 0.5) is 39.5 Å². The van der Waals surface area contributed by atoms with Crippen LogP contribution in [0.3, 0.4) is 0 Å². The van der Waals surface area contributed by atoms with Crippen LogP contribution in [0.15, 0.2) is 0 Å². The van der Waals surface area contributed by atoms with Gasteiger partial charge < -0.3 is 10.0 Å². The molecular weight excluding hydrogens is 322 g/mol. The summed E-state index contributed by atoms with van der Waals surface area (Å²) in [5.74, 6) is -14.8. The molecule has 0 aromatic heterocycles. The Morgan fingerprint density at radius 3 is 1.16 bits per heavy atom. The Labute approximate surface area is 111 Å². The molecule has 0 spiro atoms. The molecule has 0 radical (unpaired) electrons. The first-order valence-corrected chi connectivity index (χ1v) is 4.56. The predicted octanol–water partition coefficient (Wildman–Crippen LogP) is -1.86. The molecule has 0 aliphatic rings. The van der Waals surface area contributed by atoms with Crippen molar-refractivity contribution in [2.45, 2.75) is 23.3 Å². The largest absolute Gasteiger partial charge is 1.00 e. The summed E-state index contributed by atoms with van der Waals surface area (Å²) in [5.41, 5.74) is 0. The second-order valence-electron chi connectivity index (χ2n) is 2.62. The van der Waals surface area contributed by atoms with E-state index in [2.05, 4.69) is 0 Å². The number of rotatable bonds is 3. The normalized spacial score (nSPS) is 14.4. The Kier molecular flexibility index (Phi) is 7.14. The summed E-state index contributed by atoms with van der Waals surface area (Å²) in [6.07, 6.45) is -7.16. The molecule has 0 amide bonds. The molecule has 0 aromatic rings. The van der Waals surface area contributed by atoms with E-state index in [1.54, 1.807) is 0 Å². The van der Waals surface area contributed by atoms with Gasteiger partial charge in [-0.3, -0.25) is 0 Å². The van der Waals surface area contributed by atoms with Crippen molar-refractivity contribution in [1.82, 2.24) is 0 Å². The molecular formula is C4H2F9LiO4S. The summed E-state index contributed by atoms with van der Waals surface area (Å²) in [6.45, 7) is 0. The van der Waals surface area contributed by atoms with E-state index in [1.807, 2.05) is 0 Å². The minimum Gasteiger partial charge on any atom is -0.743 e. The molecule has 0 bridgehead atoms. The fourth-order valence-corrected chi connectivity index (χ4v) is 0.960. The van der Waals surface area contributed by atoms with Crippen LogP contribution < -0.4 is 18.9 Å². The van der Waals surface area contributed by atoms with Crippen LogP contribution in [0, 0.1) is 0 Å². The third-order valence-electron chi connectivity index (χ3n) is 1.43. The van der Waals surface area contributed by atoms with Crippen molar-refractivity contribution in [3.8, 4) is 0 Å². The fourth-order valence-electron chi connectivity index (χ4n) is 0.518. The van der Waals surface area contributed by atoms with Gasteiger partial charge in [0.1, 0.15) is 0 Å². The van der Waals surface area contributed by atoms with Crippen molar-refractivity contribution in [3.63, 3.8) is 0 Å². The van der Waals surface area contributed by atoms with E-state index in [0.29, 0.717) is 0 Å². The van der Waals surface area contributed by atoms with Crippen LogP contribution >= 0.6 is 0 Å². The molecule has 0 aliphatic heterocycles. The van der Waals surface area contributed by atoms with Crippen molar-refractivity contribution in [2.75, 3.05) is 0 Å². The van der Waals surface area contributed by atoms with Crippen LogP contribution in [0.2, 0.25) is 0 Å². The van der Waals surface area contributed by atoms with E-state index in [1.165, 1.54) is 0 Å². The van der Waals surface area contributed by atoms with Gasteiger partial charge in [0, 0.05) is 0 Å². The molecule has 112 valence electrons. The minimum atomic E-state index is -7.43. The monoisotopic (exact) mass is 324 g/mol. The van der Waals surface area contributed by atoms with Gasteiger partial charge in [0.05, 0.1) is 0 Å². The SMILES string of the molecule is O.O=S(=O)([O-])C(F)(F)C(F)(F)C(F)(F)C(F)(F)F.[Li+]. The van der Waals surface area contributed by atoms with Crippen molar-refractivity contribution < 1.29 is 76.8 Å². The van der Waals surface area contributed by atoms with Crippen LogP contribution in [0.25, 0.3) is 0 Å². The van der Waals surface area contributed by atoms with Crippen molar-refractivity contribution in [2.24, 2.45) is 0 Å². The van der Waals surface area contributed by atoms with E-state index >= 15 is 0 Å². The minimum absolute atomic E-state index is 0. The summed E-state index contributed by atoms with van der Waals surface area (Å²) in [4.78, 5) is 0. The molecule has 2 N–H and O–H groups in total. The fraction of sp³-hybridized carbons (Fsp3) is 1.00. The van der Waals surface area contributed by atoms with E-state index < -0.39 is 33.4 Å². The number of hydrogen-bond acceptors (Lipinski definition) is 3. The smallest absolute Gasteiger partial charge is 0.743 e. The van der Waals surface area contributed by atoms with Gasteiger partial charge in [0.2, 0.25) is 0 Å². The number of alkyl halides is 9. The average molecular weight is 324 g/mol. The third kappa shape index (κ3) is 3.48. The van der Waals surface area contributed by atoms with Gasteiger partial charge in [0.25, 0.3) is 0 Å². The molecule has 0 rings (SSSR count). The second kappa shape index (κ2) is 5.68. The molecule has 19 heavy (non-hydrogen) atoms. The zero-order valence-electron chi connectivity index (χ0n) is 8.53. The van der Waals surface area contributed by atoms with Gasteiger partial charge in [-0.1, -0.05) is 0 Å². The molecule has 4 nitrogen and oxygen atoms in total. The first-order valence-electron chi connectivity index (χ1n) is 3.15. The van der Waals surface area contributed by atoms with Gasteiger partial charge in [-0.25, -0.2) is 8.42 Å². The van der Waals surface area contributed by atoms with Gasteiger partial charge >= 0.3 is 42.1 Å². The van der Waals surface area contributed by atoms with Crippen LogP contribution in [0.5, 0.6) is 0 Å². The Balaban J connectivity index is -0.00000128. The molecule has 0 saturated carbocycles. The molecule has 0 fully saturated rings. The topological polar surface area (TPSA) is 88.7 Å². The quantitative estimate of drug-likeness (QED) is 0.346. The van der Waals surface area contributed by atoms with Crippen LogP contribution in [-0.2, 0) is 10.1 Å². The summed E-state index contributed by atoms with van der Waals surface area (Å²) >= 11 is 0. The van der Waals surface area contributed by atoms with E-state index in [9.17, 15) is 52.5 Å². The molecule has 0 aliphatic carbocycles. The molecule has 15 heteroatoms. The van der Waals surface area contributed by atoms with E-state index in [0.717, 1.165) is 0 Å². The molecule has 0 aromatic carbocycles. The molecule has 0 heterocycles. The Morgan fingerprint density at radius 2 is 1.00 bits per heavy atom. The van der Waals surface area contributed by atoms with Gasteiger partial charge in [0.15, 0.2) is 10.1 Å². The molecule has 0 unspecified atom stereocenters. The molecule has 0 saturated heterocycles. The summed E-state index contributed by atoms with van der Waals surface area (Å²) in [5, 5.41) is -7.11. The standard InChI is InChI=1S/C4HF9O3S.Li.H2O/c5-1(6,3(9,10)11)2(7,8)4(12,13)17(14,15)16;;/h(H,14,15,16);;1H2/q;+1;/p-1. The van der Waals surface area contributed by atoms with Crippen molar-refractivity contribution >= 4 is 10.1 Å². The second-order valence-corrected chi connectivity index (χ2v) is 4.04. The first-order chi connectivity index (χ1) is 7.00. The number of halogens is 9. The van der Waals surface area contributed by atoms with E-state index in [-0.39, 0.29) is 24.3 Å². The maximum Gasteiger partial charge on any atom is 1.00 e. The summed E-state index contributed by atoms with van der Waals surface area (Å²) in [6, 6.07) is 0. The average Bonchev–Trinajstić information content (AvgIpc) is 1.98. The Bertz CT molecular complexity index is 401. The van der Waals surface area contributed by atoms with Crippen molar-refractivity contribution in [1.29, 1.82) is 0 Å². The van der Waals surface area contributed by atoms with Gasteiger partial charge in [-0.15, -0.1) is 0 Å². The number of hydrogen-bond donors (Lipinski definition) is 0. The van der Waals surface area contributed by atoms with E-state index in [4.69, 9.17) is 0 Å². The van der Waals surface area contributed by atoms with Gasteiger partial charge in [-0.2, -0.15) is 39.5 Å². The summed E-state index contributed by atoms with van der Waals surface area (Å²) < 4.78 is 135. The third-order valence-corrected chi connectivity index (χ3v) is 2.31. The maximum atomic E-state index is 12.2. The predicted molar refractivity (Wildman–Crippen MR) is 34.2 cm³/mol. The zero-order chi connectivity index (χ0) is 14.5. The van der Waals surface area contributed by atoms with Gasteiger partial charge in [-0.05, 0) is 0 Å². The Morgan fingerprint density at radius 1 is 0.737 bits per heavy atom. The maximum absolute atomic E-state index is 12.2. The Hall–Kier alpha value is -0.163. The van der Waals surface area contributed by atoms with Crippen LogP contribution in [-0.4, -0.2) is 41.7 Å². The summed E-state index contributed by atoms with van der Waals surface area (Å²) in [7, 11) is -7.42. The van der Waals surface area contributed by atoms with Crippen molar-refractivity contribution in [3.05, 3.63) is 0 Å². The molecule has 0 atom stereocenters.